The fraction of sp³-hybridized carbons (Fsp3) is 0.0645. The highest BCUT2D eigenvalue weighted by Crippen LogP contribution is 2.69. The highest BCUT2D eigenvalue weighted by molar-refractivity contribution is 6.03. The molecule has 0 aliphatic heterocycles. The van der Waals surface area contributed by atoms with Gasteiger partial charge in [0.2, 0.25) is 0 Å². The van der Waals surface area contributed by atoms with Crippen LogP contribution >= 0.6 is 0 Å². The molecule has 9 aromatic carbocycles. The van der Waals surface area contributed by atoms with E-state index in [-0.39, 0.29) is 0 Å². The zero-order valence-electron chi connectivity index (χ0n) is 69.7. The van der Waals surface area contributed by atoms with Gasteiger partial charge in [-0.1, -0.05) is 205 Å². The van der Waals surface area contributed by atoms with E-state index in [0.29, 0.717) is 11.0 Å². The van der Waals surface area contributed by atoms with Crippen LogP contribution in [-0.4, -0.2) is 0 Å². The molecule has 1 nitrogen and oxygen atoms in total. The second-order valence-corrected chi connectivity index (χ2v) is 14.8. The Morgan fingerprint density at radius 2 is 0.968 bits per heavy atom. The van der Waals surface area contributed by atoms with Crippen molar-refractivity contribution in [2.24, 2.45) is 5.92 Å². The van der Waals surface area contributed by atoms with Gasteiger partial charge in [-0.25, -0.2) is 0 Å². The van der Waals surface area contributed by atoms with Crippen molar-refractivity contribution in [1.29, 1.82) is 0 Å². The van der Waals surface area contributed by atoms with E-state index in [2.05, 4.69) is 0 Å². The lowest BCUT2D eigenvalue weighted by Crippen LogP contribution is -2.34. The van der Waals surface area contributed by atoms with Crippen LogP contribution in [-0.2, 0) is 10.8 Å². The topological polar surface area (TPSA) is 3.24 Å². The second kappa shape index (κ2) is 12.9. The van der Waals surface area contributed by atoms with Gasteiger partial charge in [0, 0.05) is 18.5 Å². The number of rotatable bonds is 4. The van der Waals surface area contributed by atoms with Gasteiger partial charge in [0.25, 0.3) is 0 Å². The summed E-state index contributed by atoms with van der Waals surface area (Å²) in [7, 11) is 0. The molecule has 3 unspecified atom stereocenters. The van der Waals surface area contributed by atoms with Gasteiger partial charge in [0.15, 0.2) is 0 Å². The fourth-order valence-corrected chi connectivity index (χ4v) is 10.1. The third kappa shape index (κ3) is 4.36. The smallest absolute Gasteiger partial charge is 0.0726 e. The van der Waals surface area contributed by atoms with Crippen molar-refractivity contribution in [3.8, 4) is 44.5 Å². The summed E-state index contributed by atoms with van der Waals surface area (Å²) in [5.41, 5.74) is -24.2. The van der Waals surface area contributed by atoms with E-state index in [4.69, 9.17) is 12.3 Å². The summed E-state index contributed by atoms with van der Waals surface area (Å²) in [5, 5.41) is 0. The maximum absolute atomic E-state index is 10.5. The first-order valence-electron chi connectivity index (χ1n) is 38.3. The van der Waals surface area contributed by atoms with Gasteiger partial charge in [0.1, 0.15) is 0 Å². The molecule has 0 aromatic heterocycles. The minimum Gasteiger partial charge on any atom is -0.310 e. The van der Waals surface area contributed by atoms with E-state index in [1.165, 1.54) is 0 Å². The van der Waals surface area contributed by atoms with E-state index < -0.39 is 358 Å². The number of allylic oxidation sites excluding steroid dienone is 4. The van der Waals surface area contributed by atoms with Crippen LogP contribution in [0.15, 0.2) is 230 Å². The lowest BCUT2D eigenvalue weighted by molar-refractivity contribution is 0.495. The van der Waals surface area contributed by atoms with Crippen LogP contribution in [0.1, 0.15) is 103 Å². The largest absolute Gasteiger partial charge is 0.310 e. The molecular formula is C62H41N. The number of nitrogens with zero attached hydrogens (tertiary/aromatic N) is 1. The highest BCUT2D eigenvalue weighted by Gasteiger charge is 2.58. The van der Waals surface area contributed by atoms with E-state index in [1.807, 2.05) is 0 Å². The van der Waals surface area contributed by atoms with Crippen molar-refractivity contribution < 1.29 is 52.1 Å². The zero-order chi connectivity index (χ0) is 74.3. The molecule has 0 saturated carbocycles. The number of anilines is 3. The molecule has 0 heterocycles. The number of fused-ring (bicyclic) bond motifs is 20. The number of hydrogen-bond donors (Lipinski definition) is 0. The summed E-state index contributed by atoms with van der Waals surface area (Å²) in [6, 6.07) is -40.8. The van der Waals surface area contributed by atoms with E-state index in [9.17, 15) is 39.8 Å². The van der Waals surface area contributed by atoms with Gasteiger partial charge in [-0.2, -0.15) is 0 Å². The minimum atomic E-state index is -3.16. The molecule has 3 atom stereocenters. The van der Waals surface area contributed by atoms with E-state index in [0.717, 1.165) is 0 Å². The molecule has 0 saturated heterocycles. The van der Waals surface area contributed by atoms with Crippen LogP contribution in [0.25, 0.3) is 50.1 Å². The SMILES string of the molecule is [2H]C1=C([2H])C([2H])C2C(=C1[2H])c1c([2H])c([2H])c([2H])c([2H])c1C21c2c(N(c3c([2H])c([2H])c(-c4c([2H])c([2H])c([2H])c([2H])c4[2H])c([2H])c3[2H])c3c([2H])c([2H])c([2H])c4c3-c3c([2H])c([2H])c([2H])c([2H])c3C43c4c([2H])c([2H])c([2H])c([2H])c4-c4c([2H])c([2H])c([2H])c([2H])c43)cc([2H])c([2H])c2-c2c([2H])c([2H])c([2H])c([2H])c21. The molecule has 5 aliphatic carbocycles. The van der Waals surface area contributed by atoms with Crippen molar-refractivity contribution in [2.45, 2.75) is 17.2 Å². The molecule has 0 bridgehead atoms. The molecule has 1 heteroatoms. The van der Waals surface area contributed by atoms with Gasteiger partial charge in [0.05, 0.1) is 72.9 Å². The number of benzene rings is 9. The summed E-state index contributed by atoms with van der Waals surface area (Å²) in [5.74, 6) is -2.25. The molecule has 0 fully saturated rings. The molecule has 5 aliphatic rings. The van der Waals surface area contributed by atoms with Crippen molar-refractivity contribution >= 4 is 22.6 Å². The van der Waals surface area contributed by atoms with Crippen molar-refractivity contribution in [1.82, 2.24) is 0 Å². The third-order valence-corrected chi connectivity index (χ3v) is 12.3. The number of hydrogen-bond acceptors (Lipinski definition) is 1. The van der Waals surface area contributed by atoms with Gasteiger partial charge in [-0.15, -0.1) is 0 Å². The molecule has 0 N–H and O–H groups in total. The summed E-state index contributed by atoms with van der Waals surface area (Å²) < 4.78 is 363. The molecule has 0 radical (unpaired) electrons. The average Bonchev–Trinajstić information content (AvgIpc) is 1.48. The molecule has 0 amide bonds. The molecule has 9 aromatic rings. The maximum atomic E-state index is 10.5. The molecule has 63 heavy (non-hydrogen) atoms. The van der Waals surface area contributed by atoms with Crippen LogP contribution in [0.3, 0.4) is 0 Å². The van der Waals surface area contributed by atoms with Crippen LogP contribution in [0.2, 0.25) is 0 Å². The van der Waals surface area contributed by atoms with Gasteiger partial charge in [-0.05, 0) is 120 Å². The Kier molecular flexibility index (Phi) is 2.95. The Bertz CT molecular complexity index is 5540. The summed E-state index contributed by atoms with van der Waals surface area (Å²) >= 11 is 0. The molecular weight excluding hydrogens is 759 g/mol. The third-order valence-electron chi connectivity index (χ3n) is 12.3. The van der Waals surface area contributed by atoms with Crippen LogP contribution < -0.4 is 4.90 Å². The first-order chi connectivity index (χ1) is 47.1. The Labute approximate surface area is 422 Å². The standard InChI is InChI=1S/C62H41N/c1-2-18-40(19-3-1)41-36-38-42(39-37-41)63(57-34-17-33-56-59(57)49-25-9-15-32-55(49)61(56)50-27-10-4-20-43(50)44-21-5-11-28-51(44)61)58-35-16-26-48-47-24-8-14-31-54(47)62(60(48)58)52-29-12-6-22-45(52)46-23-7-13-30-53(46)62/h1-29,31-39,53H,30H2/i1D,2D,3D,4D,5D,6D,7D,8D,9D,10D,11D,12D,13D,14D,15D,16D,17D,18D,19D,20D,21D,22D,23D,24D,25D,26D,27D,28D,29D,30D,31D,32D,33D,34D,36D,37D,38D,39D. The molecule has 2 spiro atoms. The van der Waals surface area contributed by atoms with Crippen LogP contribution in [0.4, 0.5) is 17.1 Å². The lowest BCUT2D eigenvalue weighted by atomic mass is 9.65. The Morgan fingerprint density at radius 3 is 1.67 bits per heavy atom. The predicted molar refractivity (Wildman–Crippen MR) is 260 cm³/mol. The Hall–Kier alpha value is -7.74. The Balaban J connectivity index is 1.32. The Morgan fingerprint density at radius 1 is 0.444 bits per heavy atom. The monoisotopic (exact) mass is 838 g/mol. The lowest BCUT2D eigenvalue weighted by Gasteiger charge is -2.39. The highest BCUT2D eigenvalue weighted by atomic mass is 15.2. The van der Waals surface area contributed by atoms with Gasteiger partial charge >= 0.3 is 0 Å². The predicted octanol–water partition coefficient (Wildman–Crippen LogP) is 15.5. The van der Waals surface area contributed by atoms with Gasteiger partial charge < -0.3 is 4.90 Å². The average molecular weight is 838 g/mol. The quantitative estimate of drug-likeness (QED) is 0.171. The van der Waals surface area contributed by atoms with Crippen molar-refractivity contribution in [2.75, 3.05) is 4.90 Å². The molecule has 294 valence electrons. The van der Waals surface area contributed by atoms with Crippen LogP contribution in [0.5, 0.6) is 0 Å². The minimum absolute atomic E-state index is 0.483. The van der Waals surface area contributed by atoms with Crippen LogP contribution in [0, 0.1) is 5.92 Å². The van der Waals surface area contributed by atoms with E-state index >= 15 is 0 Å². The van der Waals surface area contributed by atoms with Gasteiger partial charge in [-0.3, -0.25) is 0 Å². The van der Waals surface area contributed by atoms with Crippen molar-refractivity contribution in [3.05, 3.63) is 274 Å². The van der Waals surface area contributed by atoms with Crippen molar-refractivity contribution in [3.63, 3.8) is 0 Å². The summed E-state index contributed by atoms with van der Waals surface area (Å²) in [4.78, 5) is 0.483. The summed E-state index contributed by atoms with van der Waals surface area (Å²) in [6.07, 6.45) is -2.33. The first kappa shape index (κ1) is 14.4. The maximum Gasteiger partial charge on any atom is 0.0726 e. The second-order valence-electron chi connectivity index (χ2n) is 14.8. The normalized spacial score (nSPS) is 28.3. The summed E-state index contributed by atoms with van der Waals surface area (Å²) in [6.45, 7) is 0. The van der Waals surface area contributed by atoms with E-state index in [1.54, 1.807) is 0 Å². The fourth-order valence-electron chi connectivity index (χ4n) is 10.1. The molecule has 14 rings (SSSR count). The first-order valence-corrected chi connectivity index (χ1v) is 19.2. The zero-order valence-corrected chi connectivity index (χ0v) is 31.7.